The van der Waals surface area contributed by atoms with E-state index in [4.69, 9.17) is 5.73 Å². The first-order valence-corrected chi connectivity index (χ1v) is 5.81. The maximum atomic E-state index is 12.6. The SMILES string of the molecule is Nc1scc(-c2cccc(C(F)(F)F)c2)c1C=O. The third-order valence-corrected chi connectivity index (χ3v) is 3.31. The van der Waals surface area contributed by atoms with Crippen molar-refractivity contribution in [3.05, 3.63) is 40.8 Å². The summed E-state index contributed by atoms with van der Waals surface area (Å²) < 4.78 is 37.7. The fourth-order valence-electron chi connectivity index (χ4n) is 1.59. The van der Waals surface area contributed by atoms with Gasteiger partial charge in [0.05, 0.1) is 16.1 Å². The largest absolute Gasteiger partial charge is 0.416 e. The van der Waals surface area contributed by atoms with E-state index in [9.17, 15) is 18.0 Å². The number of hydrogen-bond acceptors (Lipinski definition) is 3. The van der Waals surface area contributed by atoms with Crippen LogP contribution in [-0.2, 0) is 6.18 Å². The molecular formula is C12H8F3NOS. The van der Waals surface area contributed by atoms with E-state index < -0.39 is 11.7 Å². The van der Waals surface area contributed by atoms with Gasteiger partial charge in [0.25, 0.3) is 0 Å². The van der Waals surface area contributed by atoms with Crippen LogP contribution in [0.15, 0.2) is 29.6 Å². The average molecular weight is 271 g/mol. The third kappa shape index (κ3) is 2.24. The summed E-state index contributed by atoms with van der Waals surface area (Å²) in [4.78, 5) is 10.9. The Balaban J connectivity index is 2.55. The molecule has 94 valence electrons. The van der Waals surface area contributed by atoms with Gasteiger partial charge in [0.1, 0.15) is 0 Å². The Kier molecular flexibility index (Phi) is 3.13. The maximum absolute atomic E-state index is 12.6. The van der Waals surface area contributed by atoms with E-state index in [0.29, 0.717) is 22.4 Å². The highest BCUT2D eigenvalue weighted by atomic mass is 32.1. The van der Waals surface area contributed by atoms with E-state index in [0.717, 1.165) is 23.5 Å². The number of anilines is 1. The van der Waals surface area contributed by atoms with Gasteiger partial charge >= 0.3 is 6.18 Å². The van der Waals surface area contributed by atoms with Gasteiger partial charge < -0.3 is 5.73 Å². The Morgan fingerprint density at radius 2 is 2.00 bits per heavy atom. The normalized spacial score (nSPS) is 11.5. The monoisotopic (exact) mass is 271 g/mol. The second-order valence-corrected chi connectivity index (χ2v) is 4.53. The first-order chi connectivity index (χ1) is 8.43. The Labute approximate surface area is 105 Å². The number of carbonyl (C=O) groups excluding carboxylic acids is 1. The minimum Gasteiger partial charge on any atom is -0.390 e. The first kappa shape index (κ1) is 12.6. The van der Waals surface area contributed by atoms with Gasteiger partial charge in [0, 0.05) is 10.9 Å². The number of alkyl halides is 3. The molecule has 6 heteroatoms. The molecule has 0 radical (unpaired) electrons. The van der Waals surface area contributed by atoms with Crippen LogP contribution in [0.25, 0.3) is 11.1 Å². The minimum atomic E-state index is -4.40. The van der Waals surface area contributed by atoms with E-state index in [2.05, 4.69) is 0 Å². The van der Waals surface area contributed by atoms with Gasteiger partial charge in [-0.1, -0.05) is 12.1 Å². The zero-order valence-corrected chi connectivity index (χ0v) is 9.81. The van der Waals surface area contributed by atoms with Crippen LogP contribution in [0.5, 0.6) is 0 Å². The van der Waals surface area contributed by atoms with Crippen LogP contribution >= 0.6 is 11.3 Å². The number of benzene rings is 1. The number of nitrogen functional groups attached to an aromatic ring is 1. The molecule has 2 aromatic rings. The van der Waals surface area contributed by atoms with Crippen molar-refractivity contribution in [1.82, 2.24) is 0 Å². The standard InChI is InChI=1S/C12H8F3NOS/c13-12(14,15)8-3-1-2-7(4-8)10-6-18-11(16)9(10)5-17/h1-6H,16H2. The summed E-state index contributed by atoms with van der Waals surface area (Å²) in [6.07, 6.45) is -3.85. The van der Waals surface area contributed by atoms with Crippen LogP contribution in [0.4, 0.5) is 18.2 Å². The molecule has 0 aliphatic heterocycles. The predicted molar refractivity (Wildman–Crippen MR) is 64.6 cm³/mol. The molecule has 0 amide bonds. The van der Waals surface area contributed by atoms with Crippen molar-refractivity contribution < 1.29 is 18.0 Å². The Morgan fingerprint density at radius 3 is 2.61 bits per heavy atom. The smallest absolute Gasteiger partial charge is 0.390 e. The quantitative estimate of drug-likeness (QED) is 0.843. The van der Waals surface area contributed by atoms with Crippen molar-refractivity contribution in [2.24, 2.45) is 0 Å². The minimum absolute atomic E-state index is 0.235. The van der Waals surface area contributed by atoms with E-state index >= 15 is 0 Å². The molecule has 0 bridgehead atoms. The molecule has 18 heavy (non-hydrogen) atoms. The van der Waals surface area contributed by atoms with Crippen LogP contribution in [0.3, 0.4) is 0 Å². The zero-order chi connectivity index (χ0) is 13.3. The number of hydrogen-bond donors (Lipinski definition) is 1. The van der Waals surface area contributed by atoms with Crippen LogP contribution < -0.4 is 5.73 Å². The van der Waals surface area contributed by atoms with Crippen LogP contribution in [0, 0.1) is 0 Å². The molecule has 2 nitrogen and oxygen atoms in total. The van der Waals surface area contributed by atoms with Gasteiger partial charge in [-0.25, -0.2) is 0 Å². The topological polar surface area (TPSA) is 43.1 Å². The lowest BCUT2D eigenvalue weighted by molar-refractivity contribution is -0.137. The second-order valence-electron chi connectivity index (χ2n) is 3.62. The molecule has 0 fully saturated rings. The van der Waals surface area contributed by atoms with Gasteiger partial charge in [-0.05, 0) is 17.7 Å². The number of aldehydes is 1. The van der Waals surface area contributed by atoms with E-state index in [-0.39, 0.29) is 5.56 Å². The van der Waals surface area contributed by atoms with Gasteiger partial charge in [-0.15, -0.1) is 11.3 Å². The Hall–Kier alpha value is -1.82. The lowest BCUT2D eigenvalue weighted by Gasteiger charge is -2.08. The highest BCUT2D eigenvalue weighted by Gasteiger charge is 2.30. The molecule has 0 aliphatic rings. The molecule has 1 heterocycles. The lowest BCUT2D eigenvalue weighted by atomic mass is 10.0. The molecule has 1 aromatic heterocycles. The highest BCUT2D eigenvalue weighted by Crippen LogP contribution is 2.36. The summed E-state index contributed by atoms with van der Waals surface area (Å²) >= 11 is 1.13. The number of halogens is 3. The predicted octanol–water partition coefficient (Wildman–Crippen LogP) is 3.83. The van der Waals surface area contributed by atoms with Crippen LogP contribution in [0.1, 0.15) is 15.9 Å². The van der Waals surface area contributed by atoms with Crippen molar-refractivity contribution in [2.75, 3.05) is 5.73 Å². The van der Waals surface area contributed by atoms with Crippen molar-refractivity contribution in [1.29, 1.82) is 0 Å². The summed E-state index contributed by atoms with van der Waals surface area (Å²) in [6, 6.07) is 4.82. The average Bonchev–Trinajstić information content (AvgIpc) is 2.69. The van der Waals surface area contributed by atoms with Crippen LogP contribution in [-0.4, -0.2) is 6.29 Å². The van der Waals surface area contributed by atoms with Gasteiger partial charge in [-0.2, -0.15) is 13.2 Å². The van der Waals surface area contributed by atoms with Gasteiger partial charge in [0.2, 0.25) is 0 Å². The summed E-state index contributed by atoms with van der Waals surface area (Å²) in [5.74, 6) is 0. The zero-order valence-electron chi connectivity index (χ0n) is 8.99. The molecule has 0 atom stereocenters. The van der Waals surface area contributed by atoms with Crippen molar-refractivity contribution in [3.8, 4) is 11.1 Å². The molecule has 0 aliphatic carbocycles. The molecule has 0 saturated carbocycles. The van der Waals surface area contributed by atoms with Crippen molar-refractivity contribution >= 4 is 22.6 Å². The summed E-state index contributed by atoms with van der Waals surface area (Å²) in [5, 5.41) is 1.88. The summed E-state index contributed by atoms with van der Waals surface area (Å²) in [6.45, 7) is 0. The number of carbonyl (C=O) groups is 1. The van der Waals surface area contributed by atoms with Gasteiger partial charge in [0.15, 0.2) is 6.29 Å². The number of rotatable bonds is 2. The molecule has 0 unspecified atom stereocenters. The Bertz CT molecular complexity index is 589. The van der Waals surface area contributed by atoms with E-state index in [1.807, 2.05) is 0 Å². The highest BCUT2D eigenvalue weighted by molar-refractivity contribution is 7.14. The van der Waals surface area contributed by atoms with Gasteiger partial charge in [-0.3, -0.25) is 4.79 Å². The van der Waals surface area contributed by atoms with Crippen molar-refractivity contribution in [2.45, 2.75) is 6.18 Å². The molecule has 2 rings (SSSR count). The third-order valence-electron chi connectivity index (χ3n) is 2.48. The van der Waals surface area contributed by atoms with Crippen LogP contribution in [0.2, 0.25) is 0 Å². The molecule has 0 spiro atoms. The fraction of sp³-hybridized carbons (Fsp3) is 0.0833. The Morgan fingerprint density at radius 1 is 1.28 bits per heavy atom. The first-order valence-electron chi connectivity index (χ1n) is 4.93. The van der Waals surface area contributed by atoms with Crippen molar-refractivity contribution in [3.63, 3.8) is 0 Å². The molecule has 2 N–H and O–H groups in total. The summed E-state index contributed by atoms with van der Waals surface area (Å²) in [7, 11) is 0. The number of thiophene rings is 1. The lowest BCUT2D eigenvalue weighted by Crippen LogP contribution is -2.04. The maximum Gasteiger partial charge on any atom is 0.416 e. The second kappa shape index (κ2) is 4.45. The van der Waals surface area contributed by atoms with E-state index in [1.54, 1.807) is 5.38 Å². The number of nitrogens with two attached hydrogens (primary N) is 1. The molecule has 1 aromatic carbocycles. The van der Waals surface area contributed by atoms with E-state index in [1.165, 1.54) is 12.1 Å². The molecule has 0 saturated heterocycles. The summed E-state index contributed by atoms with van der Waals surface area (Å²) in [5.41, 5.74) is 5.83. The molecular weight excluding hydrogens is 263 g/mol. The fourth-order valence-corrected chi connectivity index (χ4v) is 2.38.